The molecule has 11 aromatic rings. The highest BCUT2D eigenvalue weighted by molar-refractivity contribution is 7.19. The van der Waals surface area contributed by atoms with Crippen LogP contribution in [0.3, 0.4) is 0 Å². The second kappa shape index (κ2) is 13.5. The van der Waals surface area contributed by atoms with Crippen LogP contribution in [0.15, 0.2) is 231 Å². The Bertz CT molecular complexity index is 2900. The van der Waals surface area contributed by atoms with Gasteiger partial charge in [-0.05, 0) is 74.3 Å². The molecule has 11 rings (SSSR count). The van der Waals surface area contributed by atoms with Gasteiger partial charge in [0.1, 0.15) is 0 Å². The van der Waals surface area contributed by atoms with E-state index in [4.69, 9.17) is 0 Å². The molecule has 0 amide bonds. The largest absolute Gasteiger partial charge is 0.309 e. The molecule has 57 heavy (non-hydrogen) atoms. The lowest BCUT2D eigenvalue weighted by Crippen LogP contribution is -2.74. The van der Waals surface area contributed by atoms with Crippen molar-refractivity contribution in [2.75, 3.05) is 0 Å². The Labute approximate surface area is 333 Å². The average Bonchev–Trinajstić information content (AvgIpc) is 3.81. The molecule has 0 unspecified atom stereocenters. The van der Waals surface area contributed by atoms with Crippen molar-refractivity contribution in [3.8, 4) is 22.5 Å². The van der Waals surface area contributed by atoms with Gasteiger partial charge in [0.15, 0.2) is 8.07 Å². The Morgan fingerprint density at radius 2 is 0.579 bits per heavy atom. The number of benzene rings is 9. The predicted octanol–water partition coefficient (Wildman–Crippen LogP) is 10.9. The minimum atomic E-state index is -2.75. The summed E-state index contributed by atoms with van der Waals surface area (Å²) in [6.07, 6.45) is 0. The van der Waals surface area contributed by atoms with Crippen molar-refractivity contribution in [2.45, 2.75) is 0 Å². The van der Waals surface area contributed by atoms with Gasteiger partial charge in [-0.1, -0.05) is 188 Å². The molecule has 0 saturated carbocycles. The highest BCUT2D eigenvalue weighted by Gasteiger charge is 2.41. The van der Waals surface area contributed by atoms with E-state index in [0.717, 1.165) is 11.4 Å². The summed E-state index contributed by atoms with van der Waals surface area (Å²) < 4.78 is 4.90. The zero-order chi connectivity index (χ0) is 37.8. The van der Waals surface area contributed by atoms with Gasteiger partial charge in [-0.2, -0.15) is 0 Å². The molecule has 9 aromatic carbocycles. The zero-order valence-electron chi connectivity index (χ0n) is 31.3. The first-order valence-electron chi connectivity index (χ1n) is 19.7. The smallest absolute Gasteiger partial charge is 0.179 e. The molecule has 268 valence electrons. The molecule has 2 aromatic heterocycles. The molecule has 3 heteroatoms. The maximum absolute atomic E-state index is 2.75. The Kier molecular flexibility index (Phi) is 7.87. The summed E-state index contributed by atoms with van der Waals surface area (Å²) >= 11 is 0. The standard InChI is InChI=1S/C54H38N2Si/c1-4-20-43(21-5-1)57(44-22-6-2-7-23-44,45-24-8-3-9-25-45)46-26-18-19-39(37-46)40-35-41(55-51-31-14-10-27-47(51)48-28-11-15-32-52(48)55)38-42(36-40)56-53-33-16-12-29-49(53)50-30-13-17-34-54(50)56/h1-38H. The van der Waals surface area contributed by atoms with E-state index < -0.39 is 8.07 Å². The third-order valence-electron chi connectivity index (χ3n) is 11.8. The topological polar surface area (TPSA) is 9.86 Å². The zero-order valence-corrected chi connectivity index (χ0v) is 32.3. The van der Waals surface area contributed by atoms with E-state index in [1.807, 2.05) is 0 Å². The molecule has 0 aliphatic heterocycles. The minimum Gasteiger partial charge on any atom is -0.309 e. The Hall–Kier alpha value is -7.20. The molecule has 0 radical (unpaired) electrons. The molecule has 2 heterocycles. The molecular formula is C54H38N2Si. The van der Waals surface area contributed by atoms with Gasteiger partial charge in [0.2, 0.25) is 0 Å². The van der Waals surface area contributed by atoms with Gasteiger partial charge in [-0.15, -0.1) is 0 Å². The third-order valence-corrected chi connectivity index (χ3v) is 16.6. The van der Waals surface area contributed by atoms with E-state index in [1.54, 1.807) is 0 Å². The maximum Gasteiger partial charge on any atom is 0.179 e. The number of hydrogen-bond acceptors (Lipinski definition) is 0. The molecular weight excluding hydrogens is 705 g/mol. The van der Waals surface area contributed by atoms with Crippen molar-refractivity contribution in [1.82, 2.24) is 9.13 Å². The molecule has 0 fully saturated rings. The van der Waals surface area contributed by atoms with Gasteiger partial charge < -0.3 is 9.13 Å². The van der Waals surface area contributed by atoms with Crippen molar-refractivity contribution in [1.29, 1.82) is 0 Å². The second-order valence-corrected chi connectivity index (χ2v) is 18.7. The fraction of sp³-hybridized carbons (Fsp3) is 0. The van der Waals surface area contributed by atoms with Gasteiger partial charge >= 0.3 is 0 Å². The number of hydrogen-bond donors (Lipinski definition) is 0. The molecule has 0 aliphatic carbocycles. The molecule has 0 saturated heterocycles. The fourth-order valence-corrected chi connectivity index (χ4v) is 14.2. The van der Waals surface area contributed by atoms with Crippen molar-refractivity contribution < 1.29 is 0 Å². The van der Waals surface area contributed by atoms with E-state index in [0.29, 0.717) is 0 Å². The van der Waals surface area contributed by atoms with E-state index in [2.05, 4.69) is 240 Å². The number of aromatic nitrogens is 2. The van der Waals surface area contributed by atoms with E-state index in [1.165, 1.54) is 75.5 Å². The molecule has 0 spiro atoms. The maximum atomic E-state index is 2.49. The average molecular weight is 743 g/mol. The lowest BCUT2D eigenvalue weighted by molar-refractivity contribution is 1.13. The first-order valence-corrected chi connectivity index (χ1v) is 21.7. The van der Waals surface area contributed by atoms with Gasteiger partial charge in [0, 0.05) is 32.9 Å². The van der Waals surface area contributed by atoms with Crippen LogP contribution in [0.4, 0.5) is 0 Å². The highest BCUT2D eigenvalue weighted by atomic mass is 28.3. The summed E-state index contributed by atoms with van der Waals surface area (Å²) in [7, 11) is -2.75. The first-order chi connectivity index (χ1) is 28.3. The minimum absolute atomic E-state index is 1.13. The van der Waals surface area contributed by atoms with Crippen molar-refractivity contribution in [3.63, 3.8) is 0 Å². The van der Waals surface area contributed by atoms with Crippen LogP contribution >= 0.6 is 0 Å². The van der Waals surface area contributed by atoms with E-state index in [-0.39, 0.29) is 0 Å². The summed E-state index contributed by atoms with van der Waals surface area (Å²) in [5.74, 6) is 0. The van der Waals surface area contributed by atoms with Crippen molar-refractivity contribution in [3.05, 3.63) is 231 Å². The van der Waals surface area contributed by atoms with Gasteiger partial charge in [0.25, 0.3) is 0 Å². The fourth-order valence-electron chi connectivity index (χ4n) is 9.42. The molecule has 0 atom stereocenters. The lowest BCUT2D eigenvalue weighted by atomic mass is 10.0. The van der Waals surface area contributed by atoms with Crippen LogP contribution in [0, 0.1) is 0 Å². The van der Waals surface area contributed by atoms with E-state index in [9.17, 15) is 0 Å². The van der Waals surface area contributed by atoms with Crippen LogP contribution in [0.25, 0.3) is 66.1 Å². The Morgan fingerprint density at radius 3 is 0.965 bits per heavy atom. The lowest BCUT2D eigenvalue weighted by Gasteiger charge is -2.34. The number of para-hydroxylation sites is 4. The van der Waals surface area contributed by atoms with Crippen molar-refractivity contribution >= 4 is 72.4 Å². The second-order valence-electron chi connectivity index (χ2n) is 14.9. The summed E-state index contributed by atoms with van der Waals surface area (Å²) in [6.45, 7) is 0. The van der Waals surface area contributed by atoms with Gasteiger partial charge in [0.05, 0.1) is 22.1 Å². The Balaban J connectivity index is 1.22. The van der Waals surface area contributed by atoms with Gasteiger partial charge in [-0.25, -0.2) is 0 Å². The number of rotatable bonds is 7. The van der Waals surface area contributed by atoms with Gasteiger partial charge in [-0.3, -0.25) is 0 Å². The highest BCUT2D eigenvalue weighted by Crippen LogP contribution is 2.37. The number of fused-ring (bicyclic) bond motifs is 6. The van der Waals surface area contributed by atoms with Crippen LogP contribution in [0.5, 0.6) is 0 Å². The van der Waals surface area contributed by atoms with E-state index >= 15 is 0 Å². The normalized spacial score (nSPS) is 11.9. The predicted molar refractivity (Wildman–Crippen MR) is 244 cm³/mol. The summed E-state index contributed by atoms with van der Waals surface area (Å²) in [5, 5.41) is 10.5. The molecule has 0 aliphatic rings. The summed E-state index contributed by atoms with van der Waals surface area (Å²) in [6, 6.07) is 85.3. The van der Waals surface area contributed by atoms with Crippen LogP contribution < -0.4 is 20.7 Å². The molecule has 0 bridgehead atoms. The SMILES string of the molecule is c1ccc([Si](c2ccccc2)(c2ccccc2)c2cccc(-c3cc(-n4c5ccccc5c5ccccc54)cc(-n4c5ccccc5c5ccccc54)c3)c2)cc1. The van der Waals surface area contributed by atoms with Crippen LogP contribution in [0.2, 0.25) is 0 Å². The number of nitrogens with zero attached hydrogens (tertiary/aromatic N) is 2. The monoisotopic (exact) mass is 742 g/mol. The summed E-state index contributed by atoms with van der Waals surface area (Å²) in [4.78, 5) is 0. The van der Waals surface area contributed by atoms with Crippen LogP contribution in [0.1, 0.15) is 0 Å². The Morgan fingerprint density at radius 1 is 0.246 bits per heavy atom. The molecule has 2 nitrogen and oxygen atoms in total. The summed E-state index contributed by atoms with van der Waals surface area (Å²) in [5.41, 5.74) is 9.40. The van der Waals surface area contributed by atoms with Crippen LogP contribution in [-0.2, 0) is 0 Å². The quantitative estimate of drug-likeness (QED) is 0.114. The van der Waals surface area contributed by atoms with Crippen molar-refractivity contribution in [2.24, 2.45) is 0 Å². The third kappa shape index (κ3) is 5.24. The van der Waals surface area contributed by atoms with Crippen LogP contribution in [-0.4, -0.2) is 17.2 Å². The molecule has 0 N–H and O–H groups in total. The first kappa shape index (κ1) is 33.2.